The van der Waals surface area contributed by atoms with E-state index < -0.39 is 0 Å². The number of rotatable bonds is 4. The topological polar surface area (TPSA) is 58.0 Å². The van der Waals surface area contributed by atoms with E-state index in [1.165, 1.54) is 6.33 Å². The Morgan fingerprint density at radius 2 is 2.31 bits per heavy atom. The van der Waals surface area contributed by atoms with Gasteiger partial charge in [0.25, 0.3) is 0 Å². The fourth-order valence-corrected chi connectivity index (χ4v) is 0.989. The minimum atomic E-state index is 0.0508. The van der Waals surface area contributed by atoms with E-state index in [1.54, 1.807) is 12.3 Å². The van der Waals surface area contributed by atoms with Crippen molar-refractivity contribution in [1.82, 2.24) is 9.97 Å². The van der Waals surface area contributed by atoms with Crippen LogP contribution in [0.25, 0.3) is 0 Å². The number of aliphatic hydroxyl groups excluding tert-OH is 1. The Morgan fingerprint density at radius 3 is 2.77 bits per heavy atom. The molecule has 0 aliphatic heterocycles. The molecular weight excluding hydrogens is 166 g/mol. The maximum absolute atomic E-state index is 9.05. The fourth-order valence-electron chi connectivity index (χ4n) is 0.989. The van der Waals surface area contributed by atoms with Crippen LogP contribution in [0.3, 0.4) is 0 Å². The summed E-state index contributed by atoms with van der Waals surface area (Å²) in [6.45, 7) is 4.21. The summed E-state index contributed by atoms with van der Waals surface area (Å²) in [4.78, 5) is 7.83. The third-order valence-electron chi connectivity index (χ3n) is 1.92. The summed E-state index contributed by atoms with van der Waals surface area (Å²) in [6.07, 6.45) is 3.15. The predicted molar refractivity (Wildman–Crippen MR) is 51.4 cm³/mol. The molecule has 0 saturated carbocycles. The molecule has 13 heavy (non-hydrogen) atoms. The van der Waals surface area contributed by atoms with Crippen molar-refractivity contribution in [3.63, 3.8) is 0 Å². The highest BCUT2D eigenvalue weighted by molar-refractivity contribution is 5.33. The molecule has 1 aromatic heterocycles. The van der Waals surface area contributed by atoms with Crippen molar-refractivity contribution in [3.05, 3.63) is 18.6 Å². The van der Waals surface area contributed by atoms with Crippen molar-refractivity contribution in [2.45, 2.75) is 19.9 Å². The summed E-state index contributed by atoms with van der Waals surface area (Å²) in [5.74, 6) is 1.13. The zero-order valence-corrected chi connectivity index (χ0v) is 7.94. The smallest absolute Gasteiger partial charge is 0.129 e. The van der Waals surface area contributed by atoms with Crippen molar-refractivity contribution in [2.75, 3.05) is 11.9 Å². The second kappa shape index (κ2) is 4.77. The van der Waals surface area contributed by atoms with Crippen LogP contribution < -0.4 is 5.32 Å². The molecule has 0 spiro atoms. The average Bonchev–Trinajstić information content (AvgIpc) is 2.15. The third-order valence-corrected chi connectivity index (χ3v) is 1.92. The number of hydrogen-bond acceptors (Lipinski definition) is 4. The summed E-state index contributed by atoms with van der Waals surface area (Å²) in [5, 5.41) is 12.2. The van der Waals surface area contributed by atoms with Crippen LogP contribution in [-0.4, -0.2) is 27.7 Å². The van der Waals surface area contributed by atoms with Crippen LogP contribution in [0, 0.1) is 5.92 Å². The molecular formula is C9H15N3O. The molecule has 1 heterocycles. The van der Waals surface area contributed by atoms with E-state index in [0.717, 1.165) is 5.82 Å². The molecule has 72 valence electrons. The first kappa shape index (κ1) is 9.92. The Kier molecular flexibility index (Phi) is 3.64. The van der Waals surface area contributed by atoms with E-state index in [-0.39, 0.29) is 12.6 Å². The molecule has 4 nitrogen and oxygen atoms in total. The molecule has 0 saturated heterocycles. The van der Waals surface area contributed by atoms with Crippen molar-refractivity contribution in [3.8, 4) is 0 Å². The molecule has 0 aliphatic rings. The minimum Gasteiger partial charge on any atom is -0.394 e. The van der Waals surface area contributed by atoms with Crippen molar-refractivity contribution < 1.29 is 5.11 Å². The summed E-state index contributed by atoms with van der Waals surface area (Å²) < 4.78 is 0. The highest BCUT2D eigenvalue weighted by Crippen LogP contribution is 2.08. The number of aliphatic hydroxyl groups is 1. The molecule has 1 atom stereocenters. The Labute approximate surface area is 78.0 Å². The summed E-state index contributed by atoms with van der Waals surface area (Å²) >= 11 is 0. The largest absolute Gasteiger partial charge is 0.394 e. The van der Waals surface area contributed by atoms with E-state index >= 15 is 0 Å². The average molecular weight is 181 g/mol. The van der Waals surface area contributed by atoms with Crippen LogP contribution in [0.4, 0.5) is 5.82 Å². The standard InChI is InChI=1S/C9H15N3O/c1-7(2)8(5-13)12-9-3-4-10-6-11-9/h3-4,6-8,13H,5H2,1-2H3,(H,10,11,12). The van der Waals surface area contributed by atoms with Gasteiger partial charge in [0.1, 0.15) is 12.1 Å². The van der Waals surface area contributed by atoms with Crippen LogP contribution in [0.15, 0.2) is 18.6 Å². The van der Waals surface area contributed by atoms with Gasteiger partial charge in [-0.25, -0.2) is 9.97 Å². The first-order valence-electron chi connectivity index (χ1n) is 4.37. The van der Waals surface area contributed by atoms with Crippen molar-refractivity contribution in [1.29, 1.82) is 0 Å². The van der Waals surface area contributed by atoms with E-state index in [4.69, 9.17) is 5.11 Å². The zero-order valence-electron chi connectivity index (χ0n) is 7.94. The molecule has 0 amide bonds. The molecule has 0 aromatic carbocycles. The highest BCUT2D eigenvalue weighted by Gasteiger charge is 2.11. The van der Waals surface area contributed by atoms with Crippen molar-refractivity contribution in [2.24, 2.45) is 5.92 Å². The number of hydrogen-bond donors (Lipinski definition) is 2. The summed E-state index contributed by atoms with van der Waals surface area (Å²) in [5.41, 5.74) is 0. The van der Waals surface area contributed by atoms with Gasteiger partial charge in [0.2, 0.25) is 0 Å². The van der Waals surface area contributed by atoms with Crippen LogP contribution in [0.1, 0.15) is 13.8 Å². The highest BCUT2D eigenvalue weighted by atomic mass is 16.3. The molecule has 1 unspecified atom stereocenters. The second-order valence-electron chi connectivity index (χ2n) is 3.27. The lowest BCUT2D eigenvalue weighted by molar-refractivity contribution is 0.249. The van der Waals surface area contributed by atoms with Gasteiger partial charge in [-0.15, -0.1) is 0 Å². The van der Waals surface area contributed by atoms with Crippen LogP contribution in [0.2, 0.25) is 0 Å². The van der Waals surface area contributed by atoms with Gasteiger partial charge < -0.3 is 10.4 Å². The van der Waals surface area contributed by atoms with E-state index in [0.29, 0.717) is 5.92 Å². The lowest BCUT2D eigenvalue weighted by atomic mass is 10.1. The molecule has 2 N–H and O–H groups in total. The predicted octanol–water partition coefficient (Wildman–Crippen LogP) is 0.905. The molecule has 4 heteroatoms. The first-order chi connectivity index (χ1) is 6.24. The van der Waals surface area contributed by atoms with Gasteiger partial charge in [-0.3, -0.25) is 0 Å². The zero-order chi connectivity index (χ0) is 9.68. The molecule has 0 radical (unpaired) electrons. The molecule has 0 aliphatic carbocycles. The van der Waals surface area contributed by atoms with Gasteiger partial charge in [-0.2, -0.15) is 0 Å². The SMILES string of the molecule is CC(C)C(CO)Nc1ccncn1. The van der Waals surface area contributed by atoms with E-state index in [2.05, 4.69) is 29.1 Å². The van der Waals surface area contributed by atoms with Crippen LogP contribution in [-0.2, 0) is 0 Å². The quantitative estimate of drug-likeness (QED) is 0.724. The normalized spacial score (nSPS) is 12.9. The van der Waals surface area contributed by atoms with Crippen LogP contribution >= 0.6 is 0 Å². The van der Waals surface area contributed by atoms with Gasteiger partial charge in [-0.1, -0.05) is 13.8 Å². The van der Waals surface area contributed by atoms with E-state index in [9.17, 15) is 0 Å². The van der Waals surface area contributed by atoms with E-state index in [1.807, 2.05) is 0 Å². The third kappa shape index (κ3) is 2.99. The van der Waals surface area contributed by atoms with Crippen LogP contribution in [0.5, 0.6) is 0 Å². The monoisotopic (exact) mass is 181 g/mol. The minimum absolute atomic E-state index is 0.0508. The van der Waals surface area contributed by atoms with Gasteiger partial charge in [0.15, 0.2) is 0 Å². The number of nitrogens with one attached hydrogen (secondary N) is 1. The Hall–Kier alpha value is -1.16. The lowest BCUT2D eigenvalue weighted by Gasteiger charge is -2.19. The Bertz CT molecular complexity index is 238. The summed E-state index contributed by atoms with van der Waals surface area (Å²) in [6, 6.07) is 1.83. The van der Waals surface area contributed by atoms with Gasteiger partial charge in [-0.05, 0) is 12.0 Å². The van der Waals surface area contributed by atoms with Gasteiger partial charge >= 0.3 is 0 Å². The summed E-state index contributed by atoms with van der Waals surface area (Å²) in [7, 11) is 0. The van der Waals surface area contributed by atoms with Gasteiger partial charge in [0, 0.05) is 6.20 Å². The Morgan fingerprint density at radius 1 is 1.54 bits per heavy atom. The number of anilines is 1. The Balaban J connectivity index is 2.57. The van der Waals surface area contributed by atoms with Gasteiger partial charge in [0.05, 0.1) is 12.6 Å². The lowest BCUT2D eigenvalue weighted by Crippen LogP contribution is -2.29. The molecule has 1 aromatic rings. The molecule has 1 rings (SSSR count). The molecule has 0 fully saturated rings. The molecule has 0 bridgehead atoms. The van der Waals surface area contributed by atoms with Crippen molar-refractivity contribution >= 4 is 5.82 Å². The number of nitrogens with zero attached hydrogens (tertiary/aromatic N) is 2. The maximum atomic E-state index is 9.05. The number of aromatic nitrogens is 2. The maximum Gasteiger partial charge on any atom is 0.129 e. The fraction of sp³-hybridized carbons (Fsp3) is 0.556. The second-order valence-corrected chi connectivity index (χ2v) is 3.27. The first-order valence-corrected chi connectivity index (χ1v) is 4.37.